The highest BCUT2D eigenvalue weighted by Crippen LogP contribution is 2.46. The molecule has 0 saturated carbocycles. The Balaban J connectivity index is 1.96. The predicted molar refractivity (Wildman–Crippen MR) is 67.8 cm³/mol. The molecule has 108 valence electrons. The summed E-state index contributed by atoms with van der Waals surface area (Å²) in [4.78, 5) is 11.5. The number of benzene rings is 1. The second kappa shape index (κ2) is 4.86. The van der Waals surface area contributed by atoms with E-state index in [4.69, 9.17) is 18.9 Å². The molecular weight excluding hydrogens is 264 g/mol. The predicted octanol–water partition coefficient (Wildman–Crippen LogP) is 1.27. The van der Waals surface area contributed by atoms with Crippen LogP contribution < -0.4 is 9.47 Å². The lowest BCUT2D eigenvalue weighted by Gasteiger charge is -2.18. The van der Waals surface area contributed by atoms with Gasteiger partial charge in [-0.25, -0.2) is 0 Å². The van der Waals surface area contributed by atoms with Crippen LogP contribution >= 0.6 is 0 Å². The van der Waals surface area contributed by atoms with Crippen LogP contribution in [0.4, 0.5) is 0 Å². The van der Waals surface area contributed by atoms with E-state index in [1.165, 1.54) is 14.2 Å². The Labute approximate surface area is 116 Å². The third-order valence-corrected chi connectivity index (χ3v) is 3.91. The quantitative estimate of drug-likeness (QED) is 0.840. The summed E-state index contributed by atoms with van der Waals surface area (Å²) in [7, 11) is 2.94. The molecule has 0 aliphatic carbocycles. The molecule has 0 aromatic heterocycles. The molecule has 1 aromatic rings. The van der Waals surface area contributed by atoms with Gasteiger partial charge in [-0.2, -0.15) is 0 Å². The molecule has 2 fully saturated rings. The summed E-state index contributed by atoms with van der Waals surface area (Å²) >= 11 is 0. The molecule has 0 radical (unpaired) electrons. The largest absolute Gasteiger partial charge is 0.502 e. The van der Waals surface area contributed by atoms with Crippen LogP contribution in [0.15, 0.2) is 12.1 Å². The van der Waals surface area contributed by atoms with Crippen molar-refractivity contribution in [2.75, 3.05) is 27.4 Å². The van der Waals surface area contributed by atoms with Crippen LogP contribution in [0.3, 0.4) is 0 Å². The third kappa shape index (κ3) is 1.87. The van der Waals surface area contributed by atoms with Gasteiger partial charge in [0.25, 0.3) is 0 Å². The van der Waals surface area contributed by atoms with Crippen molar-refractivity contribution >= 4 is 5.97 Å². The Morgan fingerprint density at radius 2 is 1.85 bits per heavy atom. The molecule has 6 nitrogen and oxygen atoms in total. The van der Waals surface area contributed by atoms with Gasteiger partial charge >= 0.3 is 5.97 Å². The number of hydrogen-bond donors (Lipinski definition) is 1. The van der Waals surface area contributed by atoms with Crippen LogP contribution in [0, 0.1) is 11.8 Å². The fourth-order valence-corrected chi connectivity index (χ4v) is 2.82. The topological polar surface area (TPSA) is 74.2 Å². The lowest BCUT2D eigenvalue weighted by molar-refractivity contribution is -0.142. The molecule has 3 rings (SSSR count). The highest BCUT2D eigenvalue weighted by atomic mass is 16.6. The molecule has 2 heterocycles. The number of ether oxygens (including phenoxy) is 4. The number of rotatable bonds is 3. The SMILES string of the molecule is COc1cc([C@H]2OC[C@H]3C(=O)OC[C@H]23)cc(OC)c1O. The first-order valence-corrected chi connectivity index (χ1v) is 6.38. The highest BCUT2D eigenvalue weighted by molar-refractivity contribution is 5.75. The lowest BCUT2D eigenvalue weighted by Crippen LogP contribution is -2.14. The average molecular weight is 280 g/mol. The normalized spacial score (nSPS) is 28.1. The van der Waals surface area contributed by atoms with E-state index in [-0.39, 0.29) is 29.7 Å². The van der Waals surface area contributed by atoms with Crippen molar-refractivity contribution in [3.05, 3.63) is 17.7 Å². The van der Waals surface area contributed by atoms with E-state index in [0.29, 0.717) is 24.7 Å². The minimum atomic E-state index is -0.255. The van der Waals surface area contributed by atoms with Crippen LogP contribution in [-0.2, 0) is 14.3 Å². The minimum Gasteiger partial charge on any atom is -0.502 e. The van der Waals surface area contributed by atoms with E-state index in [2.05, 4.69) is 0 Å². The van der Waals surface area contributed by atoms with Crippen LogP contribution in [0.2, 0.25) is 0 Å². The summed E-state index contributed by atoms with van der Waals surface area (Å²) in [6.45, 7) is 0.722. The molecule has 0 unspecified atom stereocenters. The van der Waals surface area contributed by atoms with Crippen molar-refractivity contribution in [2.45, 2.75) is 6.10 Å². The second-order valence-electron chi connectivity index (χ2n) is 4.93. The molecule has 6 heteroatoms. The van der Waals surface area contributed by atoms with E-state index in [1.807, 2.05) is 0 Å². The van der Waals surface area contributed by atoms with E-state index in [0.717, 1.165) is 5.56 Å². The summed E-state index contributed by atoms with van der Waals surface area (Å²) in [6.07, 6.45) is -0.255. The molecule has 2 saturated heterocycles. The standard InChI is InChI=1S/C14H16O6/c1-17-10-3-7(4-11(18-2)12(10)15)13-8-5-20-14(16)9(8)6-19-13/h3-4,8-9,13,15H,5-6H2,1-2H3/t8-,9+,13+/m0/s1. The van der Waals surface area contributed by atoms with E-state index in [9.17, 15) is 9.90 Å². The number of fused-ring (bicyclic) bond motifs is 1. The van der Waals surface area contributed by atoms with Gasteiger partial charge in [0.2, 0.25) is 5.75 Å². The van der Waals surface area contributed by atoms with Crippen molar-refractivity contribution in [2.24, 2.45) is 11.8 Å². The van der Waals surface area contributed by atoms with Crippen LogP contribution in [0.25, 0.3) is 0 Å². The molecule has 2 aliphatic rings. The molecule has 1 aromatic carbocycles. The van der Waals surface area contributed by atoms with Gasteiger partial charge in [-0.1, -0.05) is 0 Å². The number of phenolic OH excluding ortho intramolecular Hbond substituents is 1. The van der Waals surface area contributed by atoms with E-state index in [1.54, 1.807) is 12.1 Å². The van der Waals surface area contributed by atoms with E-state index < -0.39 is 0 Å². The molecule has 3 atom stereocenters. The molecule has 0 bridgehead atoms. The number of cyclic esters (lactones) is 1. The first-order valence-electron chi connectivity index (χ1n) is 6.38. The second-order valence-corrected chi connectivity index (χ2v) is 4.93. The zero-order valence-corrected chi connectivity index (χ0v) is 11.3. The van der Waals surface area contributed by atoms with Crippen LogP contribution in [-0.4, -0.2) is 38.5 Å². The Morgan fingerprint density at radius 3 is 2.45 bits per heavy atom. The summed E-state index contributed by atoms with van der Waals surface area (Å²) < 4.78 is 21.1. The van der Waals surface area contributed by atoms with Crippen molar-refractivity contribution in [1.29, 1.82) is 0 Å². The maximum atomic E-state index is 11.5. The minimum absolute atomic E-state index is 0.00135. The Kier molecular flexibility index (Phi) is 3.17. The van der Waals surface area contributed by atoms with Gasteiger partial charge in [0.15, 0.2) is 11.5 Å². The number of esters is 1. The molecule has 2 aliphatic heterocycles. The third-order valence-electron chi connectivity index (χ3n) is 3.91. The monoisotopic (exact) mass is 280 g/mol. The van der Waals surface area contributed by atoms with Gasteiger partial charge in [0, 0.05) is 5.92 Å². The number of phenols is 1. The molecule has 0 amide bonds. The summed E-state index contributed by atoms with van der Waals surface area (Å²) in [5.41, 5.74) is 0.808. The summed E-state index contributed by atoms with van der Waals surface area (Å²) in [5, 5.41) is 9.92. The smallest absolute Gasteiger partial charge is 0.311 e. The van der Waals surface area contributed by atoms with Crippen molar-refractivity contribution < 1.29 is 28.8 Å². The number of aromatic hydroxyl groups is 1. The number of methoxy groups -OCH3 is 2. The van der Waals surface area contributed by atoms with Gasteiger partial charge in [-0.15, -0.1) is 0 Å². The van der Waals surface area contributed by atoms with Gasteiger partial charge in [-0.05, 0) is 17.7 Å². The summed E-state index contributed by atoms with van der Waals surface area (Å²) in [6, 6.07) is 3.40. The molecule has 0 spiro atoms. The van der Waals surface area contributed by atoms with Gasteiger partial charge < -0.3 is 24.1 Å². The molecule has 20 heavy (non-hydrogen) atoms. The number of hydrogen-bond acceptors (Lipinski definition) is 6. The fourth-order valence-electron chi connectivity index (χ4n) is 2.82. The van der Waals surface area contributed by atoms with Crippen LogP contribution in [0.1, 0.15) is 11.7 Å². The first-order chi connectivity index (χ1) is 9.65. The first kappa shape index (κ1) is 13.1. The molecule has 1 N–H and O–H groups in total. The number of carbonyl (C=O) groups is 1. The highest BCUT2D eigenvalue weighted by Gasteiger charge is 2.48. The zero-order valence-electron chi connectivity index (χ0n) is 11.3. The van der Waals surface area contributed by atoms with Crippen molar-refractivity contribution in [3.8, 4) is 17.2 Å². The Bertz CT molecular complexity index is 515. The van der Waals surface area contributed by atoms with Crippen LogP contribution in [0.5, 0.6) is 17.2 Å². The summed E-state index contributed by atoms with van der Waals surface area (Å²) in [5.74, 6) is 0.183. The lowest BCUT2D eigenvalue weighted by atomic mass is 9.90. The van der Waals surface area contributed by atoms with Crippen molar-refractivity contribution in [3.63, 3.8) is 0 Å². The van der Waals surface area contributed by atoms with Gasteiger partial charge in [-0.3, -0.25) is 4.79 Å². The maximum Gasteiger partial charge on any atom is 0.311 e. The maximum absolute atomic E-state index is 11.5. The fraction of sp³-hybridized carbons (Fsp3) is 0.500. The van der Waals surface area contributed by atoms with E-state index >= 15 is 0 Å². The molecular formula is C14H16O6. The van der Waals surface area contributed by atoms with Gasteiger partial charge in [0.05, 0.1) is 39.5 Å². The average Bonchev–Trinajstić information content (AvgIpc) is 3.03. The zero-order chi connectivity index (χ0) is 14.3. The van der Waals surface area contributed by atoms with Gasteiger partial charge in [0.1, 0.15) is 0 Å². The Hall–Kier alpha value is -1.95. The van der Waals surface area contributed by atoms with Crippen molar-refractivity contribution in [1.82, 2.24) is 0 Å². The number of carbonyl (C=O) groups excluding carboxylic acids is 1. The Morgan fingerprint density at radius 1 is 1.20 bits per heavy atom.